The van der Waals surface area contributed by atoms with E-state index in [0.29, 0.717) is 18.3 Å². The van der Waals surface area contributed by atoms with E-state index in [1.54, 1.807) is 12.3 Å². The van der Waals surface area contributed by atoms with Crippen LogP contribution in [0.3, 0.4) is 0 Å². The number of nitrogens with zero attached hydrogens (tertiary/aromatic N) is 2. The Balaban J connectivity index is 0.00000274. The summed E-state index contributed by atoms with van der Waals surface area (Å²) in [4.78, 5) is 4.44. The lowest BCUT2D eigenvalue weighted by Crippen LogP contribution is -3.00. The molecule has 3 aliphatic heterocycles. The lowest BCUT2D eigenvalue weighted by Gasteiger charge is -2.59. The van der Waals surface area contributed by atoms with E-state index in [1.807, 2.05) is 36.4 Å². The van der Waals surface area contributed by atoms with Gasteiger partial charge in [-0.15, -0.1) is 6.58 Å². The van der Waals surface area contributed by atoms with E-state index in [9.17, 15) is 18.3 Å². The summed E-state index contributed by atoms with van der Waals surface area (Å²) in [6, 6.07) is 9.78. The Labute approximate surface area is 204 Å². The number of allylic oxidation sites excluding steroid dienone is 3. The molecule has 1 aromatic heterocycles. The number of hydrogen-bond donors (Lipinski definition) is 1. The van der Waals surface area contributed by atoms with E-state index < -0.39 is 17.9 Å². The van der Waals surface area contributed by atoms with E-state index >= 15 is 0 Å². The lowest BCUT2D eigenvalue weighted by atomic mass is 9.70. The molecular formula is C27H30ClF3N2O. The minimum Gasteiger partial charge on any atom is -1.00 e. The van der Waals surface area contributed by atoms with Crippen LogP contribution in [-0.2, 0) is 0 Å². The largest absolute Gasteiger partial charge is 1.00 e. The zero-order valence-electron chi connectivity index (χ0n) is 19.0. The van der Waals surface area contributed by atoms with Crippen molar-refractivity contribution < 1.29 is 35.2 Å². The minimum absolute atomic E-state index is 0. The van der Waals surface area contributed by atoms with Gasteiger partial charge in [-0.25, -0.2) is 0 Å². The molecule has 182 valence electrons. The maximum absolute atomic E-state index is 13.1. The van der Waals surface area contributed by atoms with Gasteiger partial charge in [-0.05, 0) is 30.0 Å². The molecule has 6 rings (SSSR count). The topological polar surface area (TPSA) is 33.1 Å². The van der Waals surface area contributed by atoms with Crippen LogP contribution in [0.1, 0.15) is 30.9 Å². The van der Waals surface area contributed by atoms with Gasteiger partial charge < -0.3 is 22.0 Å². The predicted octanol–water partition coefficient (Wildman–Crippen LogP) is 2.75. The van der Waals surface area contributed by atoms with Crippen molar-refractivity contribution in [2.75, 3.05) is 19.6 Å². The molecule has 1 N–H and O–H groups in total. The van der Waals surface area contributed by atoms with Crippen molar-refractivity contribution in [1.82, 2.24) is 4.98 Å². The standard InChI is InChI=1S/C27H30F3N2O.ClH/c1-2-19-17-32(16-18-7-9-21(10-8-18)27(28,29)30)14-12-20(19)15-25(32)26(33)23-11-13-31-24-6-4-3-5-22(23)24;/h2-7,9-11,13,18-20,25-26,33H,1,8,12,14-17H2;1H/q+1;/p-1/t18?,19-,20-,25-,26+,32?;/m0./s1. The van der Waals surface area contributed by atoms with Crippen molar-refractivity contribution in [2.45, 2.75) is 37.6 Å². The van der Waals surface area contributed by atoms with Gasteiger partial charge in [0.15, 0.2) is 0 Å². The monoisotopic (exact) mass is 490 g/mol. The summed E-state index contributed by atoms with van der Waals surface area (Å²) in [5.41, 5.74) is 1.20. The molecule has 3 fully saturated rings. The molecule has 4 heterocycles. The van der Waals surface area contributed by atoms with E-state index in [2.05, 4.69) is 11.6 Å². The summed E-state index contributed by atoms with van der Waals surface area (Å²) >= 11 is 0. The van der Waals surface area contributed by atoms with Crippen molar-refractivity contribution in [3.63, 3.8) is 0 Å². The molecule has 0 amide bonds. The second kappa shape index (κ2) is 9.48. The molecule has 0 saturated carbocycles. The summed E-state index contributed by atoms with van der Waals surface area (Å²) in [7, 11) is 0. The zero-order chi connectivity index (χ0) is 23.2. The molecule has 2 unspecified atom stereocenters. The Morgan fingerprint density at radius 3 is 2.74 bits per heavy atom. The molecule has 7 heteroatoms. The Bertz CT molecular complexity index is 1110. The first-order valence-corrected chi connectivity index (χ1v) is 11.8. The molecule has 0 spiro atoms. The molecule has 1 aliphatic carbocycles. The van der Waals surface area contributed by atoms with Crippen LogP contribution >= 0.6 is 0 Å². The van der Waals surface area contributed by atoms with Gasteiger partial charge in [0.05, 0.1) is 30.7 Å². The number of fused-ring (bicyclic) bond motifs is 4. The summed E-state index contributed by atoms with van der Waals surface area (Å²) in [6.45, 7) is 6.63. The van der Waals surface area contributed by atoms with Gasteiger partial charge in [0.25, 0.3) is 0 Å². The predicted molar refractivity (Wildman–Crippen MR) is 123 cm³/mol. The number of hydrogen-bond acceptors (Lipinski definition) is 2. The summed E-state index contributed by atoms with van der Waals surface area (Å²) in [5.74, 6) is 0.902. The SMILES string of the molecule is C=C[C@H]1C[N+]2(CC3C=CC(C(F)(F)F)=CC3)CC[C@H]1C[C@H]2[C@H](O)c1ccnc2ccccc12.[Cl-]. The average molecular weight is 491 g/mol. The quantitative estimate of drug-likeness (QED) is 0.516. The number of piperidine rings is 3. The number of aliphatic hydroxyl groups excluding tert-OH is 1. The van der Waals surface area contributed by atoms with Crippen LogP contribution in [0.15, 0.2) is 73.0 Å². The van der Waals surface area contributed by atoms with Crippen LogP contribution in [0.4, 0.5) is 13.2 Å². The highest BCUT2D eigenvalue weighted by Gasteiger charge is 2.54. The smallest absolute Gasteiger partial charge is 0.416 e. The fourth-order valence-corrected chi connectivity index (χ4v) is 6.48. The van der Waals surface area contributed by atoms with Crippen LogP contribution in [0, 0.1) is 17.8 Å². The van der Waals surface area contributed by atoms with Crippen LogP contribution in [-0.4, -0.2) is 46.4 Å². The van der Waals surface area contributed by atoms with Gasteiger partial charge in [0.2, 0.25) is 0 Å². The highest BCUT2D eigenvalue weighted by atomic mass is 35.5. The number of para-hydroxylation sites is 1. The van der Waals surface area contributed by atoms with E-state index in [-0.39, 0.29) is 24.4 Å². The van der Waals surface area contributed by atoms with Gasteiger partial charge in [-0.1, -0.05) is 42.5 Å². The third-order valence-electron chi connectivity index (χ3n) is 8.16. The number of benzene rings is 1. The Morgan fingerprint density at radius 2 is 2.03 bits per heavy atom. The molecule has 2 bridgehead atoms. The first-order chi connectivity index (χ1) is 15.8. The zero-order valence-corrected chi connectivity index (χ0v) is 19.7. The van der Waals surface area contributed by atoms with Crippen molar-refractivity contribution in [3.8, 4) is 0 Å². The number of quaternary nitrogens is 1. The third kappa shape index (κ3) is 4.43. The number of alkyl halides is 3. The molecule has 1 aromatic carbocycles. The van der Waals surface area contributed by atoms with Gasteiger partial charge in [0, 0.05) is 36.3 Å². The molecule has 2 aromatic rings. The number of aromatic nitrogens is 1. The second-order valence-corrected chi connectivity index (χ2v) is 9.93. The maximum Gasteiger partial charge on any atom is 0.416 e. The second-order valence-electron chi connectivity index (χ2n) is 9.93. The fraction of sp³-hybridized carbons (Fsp3) is 0.444. The molecule has 6 atom stereocenters. The number of rotatable bonds is 5. The maximum atomic E-state index is 13.1. The number of pyridine rings is 1. The third-order valence-corrected chi connectivity index (χ3v) is 8.16. The first-order valence-electron chi connectivity index (χ1n) is 11.8. The van der Waals surface area contributed by atoms with Gasteiger partial charge in [-0.2, -0.15) is 13.2 Å². The Kier molecular flexibility index (Phi) is 6.96. The first kappa shape index (κ1) is 25.0. The highest BCUT2D eigenvalue weighted by Crippen LogP contribution is 2.48. The van der Waals surface area contributed by atoms with Gasteiger partial charge >= 0.3 is 6.18 Å². The Hall–Kier alpha value is -2.15. The van der Waals surface area contributed by atoms with Crippen molar-refractivity contribution in [3.05, 3.63) is 78.5 Å². The van der Waals surface area contributed by atoms with Crippen molar-refractivity contribution in [1.29, 1.82) is 0 Å². The van der Waals surface area contributed by atoms with E-state index in [4.69, 9.17) is 0 Å². The van der Waals surface area contributed by atoms with Crippen LogP contribution in [0.25, 0.3) is 10.9 Å². The molecule has 0 radical (unpaired) electrons. The molecule has 4 aliphatic rings. The van der Waals surface area contributed by atoms with Crippen molar-refractivity contribution in [2.24, 2.45) is 17.8 Å². The Morgan fingerprint density at radius 1 is 1.24 bits per heavy atom. The number of halogens is 4. The summed E-state index contributed by atoms with van der Waals surface area (Å²) < 4.78 is 40.0. The lowest BCUT2D eigenvalue weighted by molar-refractivity contribution is -0.975. The fourth-order valence-electron chi connectivity index (χ4n) is 6.48. The summed E-state index contributed by atoms with van der Waals surface area (Å²) in [5, 5.41) is 12.7. The van der Waals surface area contributed by atoms with Crippen molar-refractivity contribution >= 4 is 10.9 Å². The van der Waals surface area contributed by atoms with E-state index in [0.717, 1.165) is 53.4 Å². The minimum atomic E-state index is -4.30. The van der Waals surface area contributed by atoms with Crippen LogP contribution in [0.2, 0.25) is 0 Å². The normalized spacial score (nSPS) is 31.6. The van der Waals surface area contributed by atoms with E-state index in [1.165, 1.54) is 12.2 Å². The van der Waals surface area contributed by atoms with Crippen LogP contribution < -0.4 is 12.4 Å². The summed E-state index contributed by atoms with van der Waals surface area (Å²) in [6.07, 6.45) is 5.47. The average Bonchev–Trinajstić information content (AvgIpc) is 2.83. The molecular weight excluding hydrogens is 461 g/mol. The van der Waals surface area contributed by atoms with Gasteiger partial charge in [-0.3, -0.25) is 4.98 Å². The van der Waals surface area contributed by atoms with Gasteiger partial charge in [0.1, 0.15) is 12.1 Å². The number of aliphatic hydroxyl groups is 1. The molecule has 3 saturated heterocycles. The highest BCUT2D eigenvalue weighted by molar-refractivity contribution is 5.82. The molecule has 3 nitrogen and oxygen atoms in total. The van der Waals surface area contributed by atoms with Crippen LogP contribution in [0.5, 0.6) is 0 Å². The molecule has 34 heavy (non-hydrogen) atoms.